The molecule has 2 N–H and O–H groups in total. The average Bonchev–Trinajstić information content (AvgIpc) is 2.50. The highest BCUT2D eigenvalue weighted by atomic mass is 19.4. The zero-order valence-corrected chi connectivity index (χ0v) is 13.7. The number of nitrogens with one attached hydrogen (secondary N) is 1. The molecule has 0 radical (unpaired) electrons. The molecule has 0 saturated heterocycles. The first-order valence-electron chi connectivity index (χ1n) is 7.54. The van der Waals surface area contributed by atoms with Gasteiger partial charge in [0.05, 0.1) is 5.56 Å². The lowest BCUT2D eigenvalue weighted by Gasteiger charge is -2.23. The second kappa shape index (κ2) is 8.76. The maximum absolute atomic E-state index is 12.6. The summed E-state index contributed by atoms with van der Waals surface area (Å²) in [6.45, 7) is 5.50. The number of aliphatic hydroxyl groups is 1. The van der Waals surface area contributed by atoms with E-state index in [1.54, 1.807) is 0 Å². The van der Waals surface area contributed by atoms with Crippen LogP contribution in [0.5, 0.6) is 0 Å². The SMILES string of the molecule is CCNC(=NCC(C)CO)N(C)Cc1ccc(C(F)(F)F)cc1. The fourth-order valence-electron chi connectivity index (χ4n) is 1.92. The molecule has 1 aromatic carbocycles. The summed E-state index contributed by atoms with van der Waals surface area (Å²) in [5.74, 6) is 0.718. The summed E-state index contributed by atoms with van der Waals surface area (Å²) in [6, 6.07) is 5.11. The Morgan fingerprint density at radius 2 is 1.91 bits per heavy atom. The zero-order valence-electron chi connectivity index (χ0n) is 13.7. The molecule has 0 amide bonds. The fraction of sp³-hybridized carbons (Fsp3) is 0.562. The molecule has 4 nitrogen and oxygen atoms in total. The minimum atomic E-state index is -4.32. The van der Waals surface area contributed by atoms with Crippen LogP contribution in [0.15, 0.2) is 29.3 Å². The van der Waals surface area contributed by atoms with Crippen molar-refractivity contribution in [1.82, 2.24) is 10.2 Å². The van der Waals surface area contributed by atoms with E-state index in [9.17, 15) is 13.2 Å². The number of alkyl halides is 3. The molecule has 0 bridgehead atoms. The van der Waals surface area contributed by atoms with Gasteiger partial charge in [0.15, 0.2) is 5.96 Å². The van der Waals surface area contributed by atoms with Crippen LogP contribution in [-0.2, 0) is 12.7 Å². The number of hydrogen-bond donors (Lipinski definition) is 2. The molecule has 1 rings (SSSR count). The van der Waals surface area contributed by atoms with Crippen LogP contribution in [0.3, 0.4) is 0 Å². The summed E-state index contributed by atoms with van der Waals surface area (Å²) in [5.41, 5.74) is 0.113. The van der Waals surface area contributed by atoms with Crippen LogP contribution in [0.1, 0.15) is 25.0 Å². The highest BCUT2D eigenvalue weighted by Crippen LogP contribution is 2.29. The zero-order chi connectivity index (χ0) is 17.5. The number of hydrogen-bond acceptors (Lipinski definition) is 2. The monoisotopic (exact) mass is 331 g/mol. The topological polar surface area (TPSA) is 47.9 Å². The summed E-state index contributed by atoms with van der Waals surface area (Å²) >= 11 is 0. The maximum Gasteiger partial charge on any atom is 0.416 e. The smallest absolute Gasteiger partial charge is 0.396 e. The molecule has 0 fully saturated rings. The van der Waals surface area contributed by atoms with E-state index in [1.165, 1.54) is 12.1 Å². The second-order valence-electron chi connectivity index (χ2n) is 5.53. The van der Waals surface area contributed by atoms with Crippen molar-refractivity contribution in [2.24, 2.45) is 10.9 Å². The van der Waals surface area contributed by atoms with Gasteiger partial charge in [0, 0.05) is 33.3 Å². The van der Waals surface area contributed by atoms with Gasteiger partial charge < -0.3 is 15.3 Å². The number of halogens is 3. The number of benzene rings is 1. The standard InChI is InChI=1S/C16H24F3N3O/c1-4-20-15(21-9-12(2)11-23)22(3)10-13-5-7-14(8-6-13)16(17,18)19/h5-8,12,23H,4,9-11H2,1-3H3,(H,20,21). The second-order valence-corrected chi connectivity index (χ2v) is 5.53. The Balaban J connectivity index is 2.76. The molecule has 130 valence electrons. The van der Waals surface area contributed by atoms with E-state index in [0.29, 0.717) is 25.6 Å². The largest absolute Gasteiger partial charge is 0.416 e. The van der Waals surface area contributed by atoms with Gasteiger partial charge in [-0.1, -0.05) is 19.1 Å². The molecule has 0 aliphatic carbocycles. The third-order valence-electron chi connectivity index (χ3n) is 3.26. The Morgan fingerprint density at radius 1 is 1.30 bits per heavy atom. The fourth-order valence-corrected chi connectivity index (χ4v) is 1.92. The molecule has 0 aromatic heterocycles. The van der Waals surface area contributed by atoms with E-state index >= 15 is 0 Å². The molecular formula is C16H24F3N3O. The van der Waals surface area contributed by atoms with Gasteiger partial charge in [0.1, 0.15) is 0 Å². The lowest BCUT2D eigenvalue weighted by atomic mass is 10.1. The van der Waals surface area contributed by atoms with Gasteiger partial charge in [-0.25, -0.2) is 0 Å². The van der Waals surface area contributed by atoms with Crippen molar-refractivity contribution in [3.05, 3.63) is 35.4 Å². The van der Waals surface area contributed by atoms with Crippen LogP contribution in [0.25, 0.3) is 0 Å². The highest BCUT2D eigenvalue weighted by Gasteiger charge is 2.29. The first-order chi connectivity index (χ1) is 10.8. The Labute approximate surface area is 135 Å². The van der Waals surface area contributed by atoms with Gasteiger partial charge in [-0.2, -0.15) is 13.2 Å². The van der Waals surface area contributed by atoms with Crippen LogP contribution in [0.2, 0.25) is 0 Å². The molecule has 0 spiro atoms. The van der Waals surface area contributed by atoms with Crippen molar-refractivity contribution in [2.45, 2.75) is 26.6 Å². The predicted molar refractivity (Wildman–Crippen MR) is 85.1 cm³/mol. The maximum atomic E-state index is 12.6. The Bertz CT molecular complexity index is 500. The Hall–Kier alpha value is -1.76. The summed E-state index contributed by atoms with van der Waals surface area (Å²) in [7, 11) is 1.82. The molecule has 0 heterocycles. The van der Waals surface area contributed by atoms with Crippen molar-refractivity contribution in [2.75, 3.05) is 26.7 Å². The third-order valence-corrected chi connectivity index (χ3v) is 3.26. The normalized spacial score (nSPS) is 13.8. The van der Waals surface area contributed by atoms with E-state index in [4.69, 9.17) is 5.11 Å². The van der Waals surface area contributed by atoms with Gasteiger partial charge in [-0.15, -0.1) is 0 Å². The van der Waals surface area contributed by atoms with Crippen LogP contribution < -0.4 is 5.32 Å². The van der Waals surface area contributed by atoms with Crippen LogP contribution in [-0.4, -0.2) is 42.7 Å². The van der Waals surface area contributed by atoms with E-state index in [0.717, 1.165) is 17.7 Å². The third kappa shape index (κ3) is 6.48. The molecule has 0 aliphatic heterocycles. The van der Waals surface area contributed by atoms with E-state index in [-0.39, 0.29) is 12.5 Å². The van der Waals surface area contributed by atoms with E-state index in [1.807, 2.05) is 25.8 Å². The Kier molecular flexibility index (Phi) is 7.35. The average molecular weight is 331 g/mol. The summed E-state index contributed by atoms with van der Waals surface area (Å²) in [6.07, 6.45) is -4.32. The quantitative estimate of drug-likeness (QED) is 0.622. The number of rotatable bonds is 6. The van der Waals surface area contributed by atoms with Gasteiger partial charge in [0.2, 0.25) is 0 Å². The molecule has 0 saturated carbocycles. The molecule has 1 aromatic rings. The molecule has 23 heavy (non-hydrogen) atoms. The first kappa shape index (κ1) is 19.3. The van der Waals surface area contributed by atoms with Crippen LogP contribution in [0, 0.1) is 5.92 Å². The lowest BCUT2D eigenvalue weighted by molar-refractivity contribution is -0.137. The van der Waals surface area contributed by atoms with Crippen LogP contribution >= 0.6 is 0 Å². The first-order valence-corrected chi connectivity index (χ1v) is 7.54. The summed E-state index contributed by atoms with van der Waals surface area (Å²) in [4.78, 5) is 6.27. The minimum absolute atomic E-state index is 0.0584. The van der Waals surface area contributed by atoms with Crippen molar-refractivity contribution in [3.63, 3.8) is 0 Å². The van der Waals surface area contributed by atoms with Crippen molar-refractivity contribution in [1.29, 1.82) is 0 Å². The summed E-state index contributed by atoms with van der Waals surface area (Å²) in [5, 5.41) is 12.2. The van der Waals surface area contributed by atoms with Crippen molar-refractivity contribution >= 4 is 5.96 Å². The van der Waals surface area contributed by atoms with Crippen molar-refractivity contribution < 1.29 is 18.3 Å². The van der Waals surface area contributed by atoms with E-state index in [2.05, 4.69) is 10.3 Å². The molecule has 1 unspecified atom stereocenters. The van der Waals surface area contributed by atoms with Crippen molar-refractivity contribution in [3.8, 4) is 0 Å². The predicted octanol–water partition coefficient (Wildman–Crippen LogP) is 2.73. The molecule has 7 heteroatoms. The van der Waals surface area contributed by atoms with Gasteiger partial charge in [-0.05, 0) is 30.5 Å². The van der Waals surface area contributed by atoms with Gasteiger partial charge in [-0.3, -0.25) is 4.99 Å². The molecular weight excluding hydrogens is 307 g/mol. The van der Waals surface area contributed by atoms with Gasteiger partial charge in [0.25, 0.3) is 0 Å². The number of aliphatic hydroxyl groups excluding tert-OH is 1. The molecule has 1 atom stereocenters. The van der Waals surface area contributed by atoms with Gasteiger partial charge >= 0.3 is 6.18 Å². The Morgan fingerprint density at radius 3 is 2.39 bits per heavy atom. The number of guanidine groups is 1. The van der Waals surface area contributed by atoms with E-state index < -0.39 is 11.7 Å². The highest BCUT2D eigenvalue weighted by molar-refractivity contribution is 5.79. The minimum Gasteiger partial charge on any atom is -0.396 e. The summed E-state index contributed by atoms with van der Waals surface area (Å²) < 4.78 is 37.7. The van der Waals surface area contributed by atoms with Crippen LogP contribution in [0.4, 0.5) is 13.2 Å². The molecule has 0 aliphatic rings. The number of nitrogens with zero attached hydrogens (tertiary/aromatic N) is 2. The number of aliphatic imine (C=N–C) groups is 1. The lowest BCUT2D eigenvalue weighted by Crippen LogP contribution is -2.38.